The van der Waals surface area contributed by atoms with Gasteiger partial charge in [-0.1, -0.05) is 12.1 Å². The number of primary amides is 1. The SMILES string of the molecule is COC(=O)c1ccc(-c2nc3cc(N4CCN(C)CC4)c(/C=C/C(N)=O)cc3[nH]2)cc1. The van der Waals surface area contributed by atoms with Crippen LogP contribution in [0.5, 0.6) is 0 Å². The van der Waals surface area contributed by atoms with Crippen LogP contribution in [0.25, 0.3) is 28.5 Å². The van der Waals surface area contributed by atoms with Gasteiger partial charge in [0.25, 0.3) is 0 Å². The number of hydrogen-bond donors (Lipinski definition) is 2. The second-order valence-corrected chi connectivity index (χ2v) is 7.61. The van der Waals surface area contributed by atoms with Gasteiger partial charge in [-0.2, -0.15) is 0 Å². The molecule has 0 spiro atoms. The number of fused-ring (bicyclic) bond motifs is 1. The predicted octanol–water partition coefficient (Wildman–Crippen LogP) is 2.27. The molecular weight excluding hydrogens is 394 g/mol. The number of aromatic nitrogens is 2. The Kier molecular flexibility index (Phi) is 5.73. The number of imidazole rings is 1. The third-order valence-corrected chi connectivity index (χ3v) is 5.48. The summed E-state index contributed by atoms with van der Waals surface area (Å²) in [6, 6.07) is 11.1. The van der Waals surface area contributed by atoms with E-state index in [1.165, 1.54) is 13.2 Å². The summed E-state index contributed by atoms with van der Waals surface area (Å²) in [6.07, 6.45) is 3.13. The van der Waals surface area contributed by atoms with Gasteiger partial charge in [-0.05, 0) is 37.4 Å². The fraction of sp³-hybridized carbons (Fsp3) is 0.261. The first-order valence-electron chi connectivity index (χ1n) is 10.1. The highest BCUT2D eigenvalue weighted by Crippen LogP contribution is 2.30. The number of esters is 1. The summed E-state index contributed by atoms with van der Waals surface area (Å²) in [7, 11) is 3.47. The maximum absolute atomic E-state index is 11.7. The third-order valence-electron chi connectivity index (χ3n) is 5.48. The maximum Gasteiger partial charge on any atom is 0.337 e. The number of hydrogen-bond acceptors (Lipinski definition) is 6. The number of carbonyl (C=O) groups is 2. The smallest absolute Gasteiger partial charge is 0.337 e. The Labute approximate surface area is 180 Å². The van der Waals surface area contributed by atoms with E-state index in [4.69, 9.17) is 15.5 Å². The molecule has 0 bridgehead atoms. The van der Waals surface area contributed by atoms with Crippen LogP contribution in [0.3, 0.4) is 0 Å². The van der Waals surface area contributed by atoms with Crippen LogP contribution >= 0.6 is 0 Å². The molecule has 2 heterocycles. The van der Waals surface area contributed by atoms with Crippen molar-refractivity contribution < 1.29 is 14.3 Å². The molecule has 3 N–H and O–H groups in total. The highest BCUT2D eigenvalue weighted by atomic mass is 16.5. The number of aromatic amines is 1. The third kappa shape index (κ3) is 4.44. The minimum absolute atomic E-state index is 0.376. The summed E-state index contributed by atoms with van der Waals surface area (Å²) in [5.74, 6) is -0.161. The number of nitrogens with zero attached hydrogens (tertiary/aromatic N) is 3. The zero-order valence-electron chi connectivity index (χ0n) is 17.6. The van der Waals surface area contributed by atoms with Crippen LogP contribution in [0.15, 0.2) is 42.5 Å². The molecule has 0 aliphatic carbocycles. The van der Waals surface area contributed by atoms with Gasteiger partial charge in [0, 0.05) is 49.1 Å². The van der Waals surface area contributed by atoms with Crippen LogP contribution in [0.2, 0.25) is 0 Å². The molecule has 2 aromatic carbocycles. The Bertz CT molecular complexity index is 1140. The average Bonchev–Trinajstić information content (AvgIpc) is 3.20. The number of carbonyl (C=O) groups excluding carboxylic acids is 2. The Balaban J connectivity index is 1.73. The van der Waals surface area contributed by atoms with Crippen LogP contribution in [0.1, 0.15) is 15.9 Å². The fourth-order valence-electron chi connectivity index (χ4n) is 3.71. The lowest BCUT2D eigenvalue weighted by molar-refractivity contribution is -0.113. The number of methoxy groups -OCH3 is 1. The number of benzene rings is 2. The molecule has 31 heavy (non-hydrogen) atoms. The Morgan fingerprint density at radius 2 is 1.84 bits per heavy atom. The molecule has 0 saturated carbocycles. The van der Waals surface area contributed by atoms with Crippen molar-refractivity contribution in [2.24, 2.45) is 5.73 Å². The Morgan fingerprint density at radius 1 is 1.13 bits per heavy atom. The lowest BCUT2D eigenvalue weighted by atomic mass is 10.1. The summed E-state index contributed by atoms with van der Waals surface area (Å²) in [5, 5.41) is 0. The van der Waals surface area contributed by atoms with Crippen molar-refractivity contribution in [1.29, 1.82) is 0 Å². The van der Waals surface area contributed by atoms with Crippen molar-refractivity contribution in [3.63, 3.8) is 0 Å². The number of likely N-dealkylation sites (N-methyl/N-ethyl adjacent to an activating group) is 1. The van der Waals surface area contributed by atoms with E-state index >= 15 is 0 Å². The van der Waals surface area contributed by atoms with E-state index in [-0.39, 0.29) is 5.97 Å². The molecule has 0 radical (unpaired) electrons. The second-order valence-electron chi connectivity index (χ2n) is 7.61. The topological polar surface area (TPSA) is 105 Å². The van der Waals surface area contributed by atoms with E-state index in [9.17, 15) is 9.59 Å². The molecule has 8 nitrogen and oxygen atoms in total. The molecule has 8 heteroatoms. The number of nitrogens with two attached hydrogens (primary N) is 1. The summed E-state index contributed by atoms with van der Waals surface area (Å²) in [4.78, 5) is 35.7. The van der Waals surface area contributed by atoms with Crippen molar-refractivity contribution >= 4 is 34.7 Å². The van der Waals surface area contributed by atoms with Crippen LogP contribution in [0.4, 0.5) is 5.69 Å². The second kappa shape index (κ2) is 8.61. The molecular formula is C23H25N5O3. The van der Waals surface area contributed by atoms with Crippen molar-refractivity contribution in [1.82, 2.24) is 14.9 Å². The van der Waals surface area contributed by atoms with Gasteiger partial charge in [0.15, 0.2) is 0 Å². The predicted molar refractivity (Wildman–Crippen MR) is 121 cm³/mol. The van der Waals surface area contributed by atoms with Gasteiger partial charge in [0.1, 0.15) is 5.82 Å². The molecule has 0 unspecified atom stereocenters. The number of H-pyrrole nitrogens is 1. The Hall–Kier alpha value is -3.65. The van der Waals surface area contributed by atoms with E-state index in [1.807, 2.05) is 24.3 Å². The van der Waals surface area contributed by atoms with Crippen molar-refractivity contribution in [3.8, 4) is 11.4 Å². The highest BCUT2D eigenvalue weighted by Gasteiger charge is 2.18. The quantitative estimate of drug-likeness (QED) is 0.486. The van der Waals surface area contributed by atoms with Crippen LogP contribution in [0, 0.1) is 0 Å². The fourth-order valence-corrected chi connectivity index (χ4v) is 3.71. The number of rotatable bonds is 5. The van der Waals surface area contributed by atoms with E-state index in [2.05, 4.69) is 21.8 Å². The van der Waals surface area contributed by atoms with Crippen molar-refractivity contribution in [2.75, 3.05) is 45.2 Å². The molecule has 3 aromatic rings. The van der Waals surface area contributed by atoms with Crippen LogP contribution in [-0.4, -0.2) is 67.1 Å². The standard InChI is InChI=1S/C23H25N5O3/c1-27-9-11-28(12-10-27)20-14-19-18(13-17(20)7-8-21(24)29)25-22(26-19)15-3-5-16(6-4-15)23(30)31-2/h3-8,13-14H,9-12H2,1-2H3,(H2,24,29)(H,25,26)/b8-7+. The lowest BCUT2D eigenvalue weighted by Gasteiger charge is -2.34. The molecule has 1 amide bonds. The van der Waals surface area contributed by atoms with E-state index in [0.717, 1.165) is 54.0 Å². The maximum atomic E-state index is 11.7. The Morgan fingerprint density at radius 3 is 2.48 bits per heavy atom. The lowest BCUT2D eigenvalue weighted by Crippen LogP contribution is -2.44. The highest BCUT2D eigenvalue weighted by molar-refractivity contribution is 5.94. The number of anilines is 1. The van der Waals surface area contributed by atoms with Gasteiger partial charge < -0.3 is 25.3 Å². The first kappa shape index (κ1) is 20.6. The minimum Gasteiger partial charge on any atom is -0.465 e. The van der Waals surface area contributed by atoms with E-state index in [0.29, 0.717) is 11.4 Å². The first-order valence-corrected chi connectivity index (χ1v) is 10.1. The summed E-state index contributed by atoms with van der Waals surface area (Å²) >= 11 is 0. The van der Waals surface area contributed by atoms with Crippen LogP contribution in [-0.2, 0) is 9.53 Å². The molecule has 1 aliphatic rings. The molecule has 1 saturated heterocycles. The number of piperazine rings is 1. The average molecular weight is 419 g/mol. The zero-order valence-corrected chi connectivity index (χ0v) is 17.6. The largest absolute Gasteiger partial charge is 0.465 e. The van der Waals surface area contributed by atoms with Gasteiger partial charge >= 0.3 is 5.97 Å². The van der Waals surface area contributed by atoms with Gasteiger partial charge in [-0.25, -0.2) is 9.78 Å². The monoisotopic (exact) mass is 419 g/mol. The van der Waals surface area contributed by atoms with Gasteiger partial charge in [-0.15, -0.1) is 0 Å². The minimum atomic E-state index is -0.486. The molecule has 160 valence electrons. The van der Waals surface area contributed by atoms with Gasteiger partial charge in [-0.3, -0.25) is 4.79 Å². The van der Waals surface area contributed by atoms with Crippen LogP contribution < -0.4 is 10.6 Å². The molecule has 1 aliphatic heterocycles. The molecule has 4 rings (SSSR count). The first-order chi connectivity index (χ1) is 14.9. The summed E-state index contributed by atoms with van der Waals surface area (Å²) < 4.78 is 4.75. The van der Waals surface area contributed by atoms with Gasteiger partial charge in [0.05, 0.1) is 23.7 Å². The number of amides is 1. The normalized spacial score (nSPS) is 15.0. The summed E-state index contributed by atoms with van der Waals surface area (Å²) in [6.45, 7) is 3.72. The van der Waals surface area contributed by atoms with Gasteiger partial charge in [0.2, 0.25) is 5.91 Å². The van der Waals surface area contributed by atoms with E-state index in [1.54, 1.807) is 18.2 Å². The molecule has 1 aromatic heterocycles. The summed E-state index contributed by atoms with van der Waals surface area (Å²) in [5.41, 5.74) is 10.3. The number of nitrogens with one attached hydrogen (secondary N) is 1. The van der Waals surface area contributed by atoms with E-state index < -0.39 is 5.91 Å². The van der Waals surface area contributed by atoms with Crippen molar-refractivity contribution in [3.05, 3.63) is 53.6 Å². The molecule has 0 atom stereocenters. The molecule has 1 fully saturated rings. The number of ether oxygens (including phenoxy) is 1. The zero-order chi connectivity index (χ0) is 22.0. The van der Waals surface area contributed by atoms with Crippen molar-refractivity contribution in [2.45, 2.75) is 0 Å².